The number of nitrogens with two attached hydrogens (primary N) is 1. The van der Waals surface area contributed by atoms with Crippen molar-refractivity contribution >= 4 is 22.4 Å². The second kappa shape index (κ2) is 5.94. The number of carbonyl (C=O) groups is 1. The van der Waals surface area contributed by atoms with Crippen LogP contribution in [0, 0.1) is 0 Å². The maximum Gasteiger partial charge on any atom is 0.254 e. The first-order valence-electron chi connectivity index (χ1n) is 7.94. The van der Waals surface area contributed by atoms with Gasteiger partial charge in [0.1, 0.15) is 0 Å². The number of amides is 1. The maximum atomic E-state index is 12.7. The Morgan fingerprint density at radius 3 is 3.13 bits per heavy atom. The number of nitrogen functional groups attached to an aromatic ring is 1. The van der Waals surface area contributed by atoms with Crippen molar-refractivity contribution in [2.24, 2.45) is 0 Å². The summed E-state index contributed by atoms with van der Waals surface area (Å²) in [4.78, 5) is 18.2. The van der Waals surface area contributed by atoms with Crippen molar-refractivity contribution in [2.75, 3.05) is 12.3 Å². The van der Waals surface area contributed by atoms with E-state index in [0.717, 1.165) is 36.9 Å². The van der Waals surface area contributed by atoms with E-state index in [1.54, 1.807) is 0 Å². The normalized spacial score (nSPS) is 23.0. The Morgan fingerprint density at radius 1 is 1.35 bits per heavy atom. The fourth-order valence-corrected chi connectivity index (χ4v) is 4.36. The summed E-state index contributed by atoms with van der Waals surface area (Å²) in [7, 11) is 0. The number of hydrogen-bond donors (Lipinski definition) is 2. The zero-order valence-electron chi connectivity index (χ0n) is 12.7. The third kappa shape index (κ3) is 2.84. The Hall–Kier alpha value is -1.92. The SMILES string of the molecule is Nc1nc2c(s1)C[C@@H](NC(=O)C1OCCc3ccccc31)CC2. The Morgan fingerprint density at radius 2 is 2.22 bits per heavy atom. The van der Waals surface area contributed by atoms with Gasteiger partial charge < -0.3 is 15.8 Å². The molecule has 0 saturated carbocycles. The number of benzene rings is 1. The molecule has 2 aromatic rings. The molecule has 1 amide bonds. The van der Waals surface area contributed by atoms with E-state index in [-0.39, 0.29) is 11.9 Å². The van der Waals surface area contributed by atoms with Gasteiger partial charge in [-0.1, -0.05) is 24.3 Å². The maximum absolute atomic E-state index is 12.7. The van der Waals surface area contributed by atoms with Gasteiger partial charge >= 0.3 is 0 Å². The Bertz CT molecular complexity index is 743. The van der Waals surface area contributed by atoms with Crippen molar-refractivity contribution in [3.05, 3.63) is 46.0 Å². The van der Waals surface area contributed by atoms with Crippen molar-refractivity contribution in [3.63, 3.8) is 0 Å². The quantitative estimate of drug-likeness (QED) is 0.883. The minimum absolute atomic E-state index is 0.0388. The van der Waals surface area contributed by atoms with Crippen LogP contribution in [0.3, 0.4) is 0 Å². The molecular formula is C17H19N3O2S. The predicted molar refractivity (Wildman–Crippen MR) is 89.3 cm³/mol. The number of carbonyl (C=O) groups excluding carboxylic acids is 1. The second-order valence-electron chi connectivity index (χ2n) is 6.07. The summed E-state index contributed by atoms with van der Waals surface area (Å²) in [5.74, 6) is -0.0388. The van der Waals surface area contributed by atoms with E-state index in [2.05, 4.69) is 16.4 Å². The van der Waals surface area contributed by atoms with E-state index >= 15 is 0 Å². The van der Waals surface area contributed by atoms with Gasteiger partial charge in [0.25, 0.3) is 5.91 Å². The van der Waals surface area contributed by atoms with Crippen LogP contribution in [0.15, 0.2) is 24.3 Å². The summed E-state index contributed by atoms with van der Waals surface area (Å²) in [5, 5.41) is 3.77. The van der Waals surface area contributed by atoms with Gasteiger partial charge in [0.15, 0.2) is 11.2 Å². The topological polar surface area (TPSA) is 77.2 Å². The van der Waals surface area contributed by atoms with Gasteiger partial charge in [-0.15, -0.1) is 11.3 Å². The van der Waals surface area contributed by atoms with Crippen LogP contribution in [-0.2, 0) is 28.8 Å². The predicted octanol–water partition coefficient (Wildman–Crippen LogP) is 2.01. The van der Waals surface area contributed by atoms with Gasteiger partial charge in [0.05, 0.1) is 12.3 Å². The van der Waals surface area contributed by atoms with E-state index in [0.29, 0.717) is 11.7 Å². The van der Waals surface area contributed by atoms with Gasteiger partial charge in [-0.3, -0.25) is 4.79 Å². The van der Waals surface area contributed by atoms with Crippen molar-refractivity contribution in [3.8, 4) is 0 Å². The Kier molecular flexibility index (Phi) is 3.79. The highest BCUT2D eigenvalue weighted by atomic mass is 32.1. The lowest BCUT2D eigenvalue weighted by Crippen LogP contribution is -2.42. The average molecular weight is 329 g/mol. The number of hydrogen-bond acceptors (Lipinski definition) is 5. The molecule has 4 rings (SSSR count). The lowest BCUT2D eigenvalue weighted by Gasteiger charge is -2.28. The summed E-state index contributed by atoms with van der Waals surface area (Å²) >= 11 is 1.53. The summed E-state index contributed by atoms with van der Waals surface area (Å²) in [5.41, 5.74) is 9.07. The molecule has 0 fully saturated rings. The van der Waals surface area contributed by atoms with Crippen LogP contribution in [-0.4, -0.2) is 23.5 Å². The molecule has 1 aliphatic heterocycles. The molecule has 2 aliphatic rings. The molecule has 2 atom stereocenters. The summed E-state index contributed by atoms with van der Waals surface area (Å²) in [6, 6.07) is 8.16. The van der Waals surface area contributed by atoms with Gasteiger partial charge in [-0.25, -0.2) is 4.98 Å². The number of rotatable bonds is 2. The monoisotopic (exact) mass is 329 g/mol. The molecule has 0 radical (unpaired) electrons. The molecular weight excluding hydrogens is 310 g/mol. The van der Waals surface area contributed by atoms with Crippen LogP contribution in [0.5, 0.6) is 0 Å². The molecule has 0 saturated heterocycles. The van der Waals surface area contributed by atoms with E-state index in [4.69, 9.17) is 10.5 Å². The van der Waals surface area contributed by atoms with E-state index in [1.165, 1.54) is 21.8 Å². The van der Waals surface area contributed by atoms with Crippen LogP contribution < -0.4 is 11.1 Å². The molecule has 5 nitrogen and oxygen atoms in total. The number of nitrogens with one attached hydrogen (secondary N) is 1. The van der Waals surface area contributed by atoms with Crippen molar-refractivity contribution in [1.29, 1.82) is 0 Å². The van der Waals surface area contributed by atoms with E-state index in [1.807, 2.05) is 18.2 Å². The molecule has 1 aromatic carbocycles. The highest BCUT2D eigenvalue weighted by Gasteiger charge is 2.30. The number of ether oxygens (including phenoxy) is 1. The van der Waals surface area contributed by atoms with Crippen molar-refractivity contribution < 1.29 is 9.53 Å². The molecule has 0 spiro atoms. The number of aryl methyl sites for hydroxylation is 1. The third-order valence-corrected chi connectivity index (χ3v) is 5.48. The molecule has 0 bridgehead atoms. The third-order valence-electron chi connectivity index (χ3n) is 4.53. The van der Waals surface area contributed by atoms with E-state index in [9.17, 15) is 4.79 Å². The molecule has 1 aromatic heterocycles. The van der Waals surface area contributed by atoms with Gasteiger partial charge in [0.2, 0.25) is 0 Å². The number of thiazole rings is 1. The minimum atomic E-state index is -0.493. The van der Waals surface area contributed by atoms with Crippen LogP contribution in [0.1, 0.15) is 34.2 Å². The number of fused-ring (bicyclic) bond motifs is 2. The first-order chi connectivity index (χ1) is 11.2. The summed E-state index contributed by atoms with van der Waals surface area (Å²) < 4.78 is 5.74. The van der Waals surface area contributed by atoms with Gasteiger partial charge in [0, 0.05) is 17.3 Å². The zero-order valence-corrected chi connectivity index (χ0v) is 13.6. The highest BCUT2D eigenvalue weighted by Crippen LogP contribution is 2.30. The smallest absolute Gasteiger partial charge is 0.254 e. The first kappa shape index (κ1) is 14.7. The van der Waals surface area contributed by atoms with Crippen LogP contribution in [0.4, 0.5) is 5.13 Å². The lowest BCUT2D eigenvalue weighted by atomic mass is 9.95. The Balaban J connectivity index is 1.47. The molecule has 2 heterocycles. The van der Waals surface area contributed by atoms with Gasteiger partial charge in [-0.2, -0.15) is 0 Å². The number of anilines is 1. The second-order valence-corrected chi connectivity index (χ2v) is 7.19. The number of aromatic nitrogens is 1. The lowest BCUT2D eigenvalue weighted by molar-refractivity contribution is -0.134. The molecule has 3 N–H and O–H groups in total. The Labute approximate surface area is 138 Å². The average Bonchev–Trinajstić information content (AvgIpc) is 2.93. The van der Waals surface area contributed by atoms with Gasteiger partial charge in [-0.05, 0) is 30.4 Å². The molecule has 23 heavy (non-hydrogen) atoms. The highest BCUT2D eigenvalue weighted by molar-refractivity contribution is 7.15. The number of nitrogens with zero attached hydrogens (tertiary/aromatic N) is 1. The van der Waals surface area contributed by atoms with Crippen LogP contribution in [0.25, 0.3) is 0 Å². The summed E-state index contributed by atoms with van der Waals surface area (Å²) in [6.45, 7) is 0.593. The molecule has 1 unspecified atom stereocenters. The van der Waals surface area contributed by atoms with E-state index < -0.39 is 6.10 Å². The molecule has 6 heteroatoms. The fourth-order valence-electron chi connectivity index (χ4n) is 3.41. The zero-order chi connectivity index (χ0) is 15.8. The molecule has 120 valence electrons. The first-order valence-corrected chi connectivity index (χ1v) is 8.76. The van der Waals surface area contributed by atoms with Crippen LogP contribution >= 0.6 is 11.3 Å². The molecule has 1 aliphatic carbocycles. The van der Waals surface area contributed by atoms with Crippen LogP contribution in [0.2, 0.25) is 0 Å². The standard InChI is InChI=1S/C17H19N3O2S/c18-17-20-13-6-5-11(9-14(13)23-17)19-16(21)15-12-4-2-1-3-10(12)7-8-22-15/h1-4,11,15H,5-9H2,(H2,18,20)(H,19,21)/t11-,15?/m0/s1. The van der Waals surface area contributed by atoms with Crippen molar-refractivity contribution in [1.82, 2.24) is 10.3 Å². The largest absolute Gasteiger partial charge is 0.375 e. The fraction of sp³-hybridized carbons (Fsp3) is 0.412. The minimum Gasteiger partial charge on any atom is -0.375 e. The van der Waals surface area contributed by atoms with Crippen molar-refractivity contribution in [2.45, 2.75) is 37.8 Å². The summed E-state index contributed by atoms with van der Waals surface area (Å²) in [6.07, 6.45) is 2.96.